The number of nitrogens with zero attached hydrogens (tertiary/aromatic N) is 1. The molecule has 4 rings (SSSR count). The lowest BCUT2D eigenvalue weighted by molar-refractivity contribution is -0.137. The van der Waals surface area contributed by atoms with Gasteiger partial charge in [-0.2, -0.15) is 13.2 Å². The number of rotatable bonds is 3. The van der Waals surface area contributed by atoms with Crippen molar-refractivity contribution in [2.45, 2.75) is 11.1 Å². The zero-order valence-electron chi connectivity index (χ0n) is 16.0. The van der Waals surface area contributed by atoms with Crippen molar-refractivity contribution in [3.8, 4) is 11.1 Å². The Balaban J connectivity index is 1.69. The van der Waals surface area contributed by atoms with Crippen molar-refractivity contribution in [1.82, 2.24) is 0 Å². The molecule has 0 bridgehead atoms. The number of carbonyl (C=O) groups is 1. The zero-order chi connectivity index (χ0) is 23.3. The number of alkyl halides is 3. The number of anilines is 2. The Kier molecular flexibility index (Phi) is 5.38. The molecule has 0 atom stereocenters. The van der Waals surface area contributed by atoms with Gasteiger partial charge in [-0.15, -0.1) is 0 Å². The predicted molar refractivity (Wildman–Crippen MR) is 111 cm³/mol. The second kappa shape index (κ2) is 7.79. The molecule has 1 aliphatic heterocycles. The molecule has 0 saturated heterocycles. The van der Waals surface area contributed by atoms with E-state index in [0.717, 1.165) is 22.5 Å². The Hall–Kier alpha value is -3.11. The number of amides is 1. The van der Waals surface area contributed by atoms with Crippen molar-refractivity contribution >= 4 is 38.9 Å². The number of fused-ring (bicyclic) bond motifs is 3. The largest absolute Gasteiger partial charge is 0.417 e. The minimum Gasteiger partial charge on any atom is -0.324 e. The molecule has 32 heavy (non-hydrogen) atoms. The van der Waals surface area contributed by atoms with E-state index in [1.165, 1.54) is 30.3 Å². The molecule has 5 nitrogen and oxygen atoms in total. The maximum Gasteiger partial charge on any atom is 0.417 e. The third-order valence-corrected chi connectivity index (χ3v) is 6.96. The molecule has 0 spiro atoms. The van der Waals surface area contributed by atoms with E-state index in [4.69, 9.17) is 11.6 Å². The van der Waals surface area contributed by atoms with E-state index in [-0.39, 0.29) is 27.4 Å². The Morgan fingerprint density at radius 1 is 1.00 bits per heavy atom. The molecule has 166 valence electrons. The van der Waals surface area contributed by atoms with Gasteiger partial charge >= 0.3 is 6.18 Å². The van der Waals surface area contributed by atoms with Crippen molar-refractivity contribution in [2.24, 2.45) is 0 Å². The second-order valence-corrected chi connectivity index (χ2v) is 9.15. The summed E-state index contributed by atoms with van der Waals surface area (Å²) < 4.78 is 80.2. The van der Waals surface area contributed by atoms with Crippen molar-refractivity contribution in [3.63, 3.8) is 0 Å². The zero-order valence-corrected chi connectivity index (χ0v) is 17.5. The monoisotopic (exact) mass is 484 g/mol. The summed E-state index contributed by atoms with van der Waals surface area (Å²) in [4.78, 5) is 12.5. The summed E-state index contributed by atoms with van der Waals surface area (Å²) in [6.45, 7) is -0.737. The molecule has 1 amide bonds. The van der Waals surface area contributed by atoms with Gasteiger partial charge in [0, 0.05) is 16.8 Å². The number of hydrogen-bond donors (Lipinski definition) is 1. The summed E-state index contributed by atoms with van der Waals surface area (Å²) in [7, 11) is -4.19. The van der Waals surface area contributed by atoms with E-state index in [2.05, 4.69) is 5.32 Å². The van der Waals surface area contributed by atoms with Crippen molar-refractivity contribution < 1.29 is 30.8 Å². The number of halogens is 5. The van der Waals surface area contributed by atoms with Gasteiger partial charge in [-0.25, -0.2) is 12.8 Å². The van der Waals surface area contributed by atoms with Crippen LogP contribution >= 0.6 is 11.6 Å². The molecule has 1 N–H and O–H groups in total. The molecular formula is C21H13ClF4N2O3S. The van der Waals surface area contributed by atoms with Gasteiger partial charge in [0.2, 0.25) is 5.91 Å². The smallest absolute Gasteiger partial charge is 0.324 e. The summed E-state index contributed by atoms with van der Waals surface area (Å²) in [6.07, 6.45) is -4.74. The lowest BCUT2D eigenvalue weighted by Gasteiger charge is -2.31. The first-order valence-corrected chi connectivity index (χ1v) is 10.9. The van der Waals surface area contributed by atoms with E-state index in [1.807, 2.05) is 0 Å². The Bertz CT molecular complexity index is 1340. The van der Waals surface area contributed by atoms with Crippen LogP contribution in [-0.2, 0) is 21.0 Å². The molecule has 1 aliphatic rings. The topological polar surface area (TPSA) is 66.5 Å². The fourth-order valence-electron chi connectivity index (χ4n) is 3.43. The average Bonchev–Trinajstić information content (AvgIpc) is 2.72. The maximum atomic E-state index is 13.9. The highest BCUT2D eigenvalue weighted by Crippen LogP contribution is 2.43. The van der Waals surface area contributed by atoms with Gasteiger partial charge in [0.1, 0.15) is 12.4 Å². The van der Waals surface area contributed by atoms with Crippen LogP contribution in [-0.4, -0.2) is 20.9 Å². The molecule has 0 fully saturated rings. The highest BCUT2D eigenvalue weighted by atomic mass is 35.5. The summed E-state index contributed by atoms with van der Waals surface area (Å²) >= 11 is 5.58. The van der Waals surface area contributed by atoms with Crippen LogP contribution < -0.4 is 9.62 Å². The lowest BCUT2D eigenvalue weighted by atomic mass is 10.0. The fourth-order valence-corrected chi connectivity index (χ4v) is 5.30. The minimum atomic E-state index is -4.74. The van der Waals surface area contributed by atoms with Crippen LogP contribution in [0.15, 0.2) is 65.6 Å². The molecule has 11 heteroatoms. The molecule has 0 radical (unpaired) electrons. The highest BCUT2D eigenvalue weighted by Gasteiger charge is 2.36. The predicted octanol–water partition coefficient (Wildman–Crippen LogP) is 5.31. The van der Waals surface area contributed by atoms with E-state index in [9.17, 15) is 30.8 Å². The molecule has 3 aromatic carbocycles. The number of benzene rings is 3. The summed E-state index contributed by atoms with van der Waals surface area (Å²) in [5, 5.41) is 1.71. The molecule has 0 aromatic heterocycles. The van der Waals surface area contributed by atoms with Crippen LogP contribution in [0.25, 0.3) is 11.1 Å². The first kappa shape index (κ1) is 22.1. The number of carbonyl (C=O) groups excluding carboxylic acids is 1. The van der Waals surface area contributed by atoms with E-state index in [1.54, 1.807) is 6.07 Å². The van der Waals surface area contributed by atoms with Gasteiger partial charge in [0.15, 0.2) is 0 Å². The lowest BCUT2D eigenvalue weighted by Crippen LogP contribution is -2.40. The van der Waals surface area contributed by atoms with E-state index in [0.29, 0.717) is 6.07 Å². The van der Waals surface area contributed by atoms with Crippen LogP contribution in [0.4, 0.5) is 28.9 Å². The van der Waals surface area contributed by atoms with Gasteiger partial charge < -0.3 is 5.32 Å². The maximum absolute atomic E-state index is 13.9. The quantitative estimate of drug-likeness (QED) is 0.512. The second-order valence-electron chi connectivity index (χ2n) is 6.91. The average molecular weight is 485 g/mol. The first-order chi connectivity index (χ1) is 15.0. The van der Waals surface area contributed by atoms with Crippen LogP contribution in [0.2, 0.25) is 5.02 Å². The third-order valence-electron chi connectivity index (χ3n) is 4.82. The van der Waals surface area contributed by atoms with Crippen LogP contribution in [0, 0.1) is 5.82 Å². The Morgan fingerprint density at radius 2 is 1.72 bits per heavy atom. The molecule has 1 heterocycles. The summed E-state index contributed by atoms with van der Waals surface area (Å²) in [6, 6.07) is 12.2. The third kappa shape index (κ3) is 3.91. The minimum absolute atomic E-state index is 0.0762. The standard InChI is InChI=1S/C21H13ClF4N2O3S/c22-17-7-6-13(10-16(17)21(24,25)26)27-20(29)11-28-18-8-5-12(23)9-15(18)14-3-1-2-4-19(14)32(28,30)31/h1-10H,11H2,(H,27,29). The SMILES string of the molecule is O=C(CN1c2ccc(F)cc2-c2ccccc2S1(=O)=O)Nc1ccc(Cl)c(C(F)(F)F)c1. The molecule has 0 saturated carbocycles. The summed E-state index contributed by atoms with van der Waals surface area (Å²) in [5.74, 6) is -1.48. The van der Waals surface area contributed by atoms with Crippen LogP contribution in [0.1, 0.15) is 5.56 Å². The van der Waals surface area contributed by atoms with Gasteiger partial charge in [0.05, 0.1) is 21.2 Å². The van der Waals surface area contributed by atoms with Crippen molar-refractivity contribution in [1.29, 1.82) is 0 Å². The van der Waals surface area contributed by atoms with E-state index >= 15 is 0 Å². The highest BCUT2D eigenvalue weighted by molar-refractivity contribution is 7.93. The molecule has 0 unspecified atom stereocenters. The van der Waals surface area contributed by atoms with Gasteiger partial charge in [-0.3, -0.25) is 9.10 Å². The summed E-state index contributed by atoms with van der Waals surface area (Å²) in [5.41, 5.74) is -0.717. The van der Waals surface area contributed by atoms with Gasteiger partial charge in [-0.1, -0.05) is 29.8 Å². The van der Waals surface area contributed by atoms with Gasteiger partial charge in [0.25, 0.3) is 10.0 Å². The van der Waals surface area contributed by atoms with Gasteiger partial charge in [-0.05, 0) is 42.5 Å². The molecule has 0 aliphatic carbocycles. The van der Waals surface area contributed by atoms with Crippen molar-refractivity contribution in [2.75, 3.05) is 16.2 Å². The number of sulfonamides is 1. The normalized spacial score (nSPS) is 14.5. The number of nitrogens with one attached hydrogen (secondary N) is 1. The van der Waals surface area contributed by atoms with Crippen LogP contribution in [0.3, 0.4) is 0 Å². The molecular weight excluding hydrogens is 472 g/mol. The van der Waals surface area contributed by atoms with E-state index < -0.39 is 45.1 Å². The first-order valence-electron chi connectivity index (χ1n) is 9.07. The van der Waals surface area contributed by atoms with Crippen LogP contribution in [0.5, 0.6) is 0 Å². The Labute approximate surface area is 185 Å². The molecule has 3 aromatic rings. The van der Waals surface area contributed by atoms with Crippen molar-refractivity contribution in [3.05, 3.63) is 77.1 Å². The fraction of sp³-hybridized carbons (Fsp3) is 0.0952. The Morgan fingerprint density at radius 3 is 2.44 bits per heavy atom. The number of hydrogen-bond acceptors (Lipinski definition) is 3.